The van der Waals surface area contributed by atoms with Gasteiger partial charge in [0.05, 0.1) is 0 Å². The average Bonchev–Trinajstić information content (AvgIpc) is 2.46. The Hall–Kier alpha value is -1.38. The molecule has 0 saturated carbocycles. The zero-order chi connectivity index (χ0) is 13.5. The standard InChI is InChI=1S/C16H15ClFN.ClH/c17-10-2-1-5-16(14-4-3-11-19-12-14)13-6-8-15(18)9-7-13;/h3-9,11-12H,1-2,10H2;1H. The summed E-state index contributed by atoms with van der Waals surface area (Å²) in [5.74, 6) is 0.412. The van der Waals surface area contributed by atoms with Gasteiger partial charge in [-0.2, -0.15) is 0 Å². The van der Waals surface area contributed by atoms with Crippen LogP contribution in [0, 0.1) is 5.82 Å². The van der Waals surface area contributed by atoms with Crippen molar-refractivity contribution in [2.45, 2.75) is 12.8 Å². The van der Waals surface area contributed by atoms with E-state index in [1.165, 1.54) is 12.1 Å². The van der Waals surface area contributed by atoms with Crippen LogP contribution < -0.4 is 0 Å². The maximum absolute atomic E-state index is 13.0. The van der Waals surface area contributed by atoms with Crippen LogP contribution in [0.15, 0.2) is 54.9 Å². The summed E-state index contributed by atoms with van der Waals surface area (Å²) in [6.07, 6.45) is 7.50. The highest BCUT2D eigenvalue weighted by Crippen LogP contribution is 2.24. The molecule has 0 aliphatic carbocycles. The quantitative estimate of drug-likeness (QED) is 0.553. The number of hydrogen-bond acceptors (Lipinski definition) is 1. The third kappa shape index (κ3) is 4.62. The second-order valence-electron chi connectivity index (χ2n) is 4.20. The first-order valence-corrected chi connectivity index (χ1v) is 6.77. The van der Waals surface area contributed by atoms with E-state index >= 15 is 0 Å². The van der Waals surface area contributed by atoms with Crippen molar-refractivity contribution in [3.8, 4) is 0 Å². The fourth-order valence-electron chi connectivity index (χ4n) is 1.88. The SMILES string of the molecule is Cl.Fc1ccc(C(=CCCCCl)c2cccnc2)cc1. The number of halogens is 3. The first kappa shape index (κ1) is 16.7. The largest absolute Gasteiger partial charge is 0.264 e. The molecule has 0 amide bonds. The van der Waals surface area contributed by atoms with Crippen molar-refractivity contribution >= 4 is 29.6 Å². The minimum absolute atomic E-state index is 0. The van der Waals surface area contributed by atoms with Gasteiger partial charge < -0.3 is 0 Å². The Labute approximate surface area is 129 Å². The summed E-state index contributed by atoms with van der Waals surface area (Å²) in [7, 11) is 0. The van der Waals surface area contributed by atoms with E-state index in [4.69, 9.17) is 11.6 Å². The molecule has 0 N–H and O–H groups in total. The van der Waals surface area contributed by atoms with E-state index in [-0.39, 0.29) is 18.2 Å². The average molecular weight is 312 g/mol. The van der Waals surface area contributed by atoms with E-state index in [0.717, 1.165) is 29.5 Å². The van der Waals surface area contributed by atoms with Crippen molar-refractivity contribution < 1.29 is 4.39 Å². The molecule has 0 spiro atoms. The Morgan fingerprint density at radius 2 is 1.90 bits per heavy atom. The van der Waals surface area contributed by atoms with E-state index in [1.54, 1.807) is 18.3 Å². The first-order chi connectivity index (χ1) is 9.31. The molecule has 0 unspecified atom stereocenters. The normalized spacial score (nSPS) is 11.0. The molecular formula is C16H16Cl2FN. The van der Waals surface area contributed by atoms with Crippen molar-refractivity contribution in [1.82, 2.24) is 4.98 Å². The van der Waals surface area contributed by atoms with Gasteiger partial charge in [0.15, 0.2) is 0 Å². The van der Waals surface area contributed by atoms with E-state index in [0.29, 0.717) is 5.88 Å². The molecule has 4 heteroatoms. The zero-order valence-electron chi connectivity index (χ0n) is 10.9. The molecule has 20 heavy (non-hydrogen) atoms. The van der Waals surface area contributed by atoms with E-state index in [9.17, 15) is 4.39 Å². The summed E-state index contributed by atoms with van der Waals surface area (Å²) in [6, 6.07) is 10.4. The number of rotatable bonds is 5. The molecule has 0 radical (unpaired) electrons. The smallest absolute Gasteiger partial charge is 0.123 e. The number of hydrogen-bond donors (Lipinski definition) is 0. The van der Waals surface area contributed by atoms with Crippen LogP contribution in [0.1, 0.15) is 24.0 Å². The van der Waals surface area contributed by atoms with E-state index in [2.05, 4.69) is 11.1 Å². The van der Waals surface area contributed by atoms with E-state index in [1.807, 2.05) is 18.3 Å². The number of unbranched alkanes of at least 4 members (excludes halogenated alkanes) is 1. The van der Waals surface area contributed by atoms with Gasteiger partial charge >= 0.3 is 0 Å². The second kappa shape index (κ2) is 8.72. The highest BCUT2D eigenvalue weighted by atomic mass is 35.5. The second-order valence-corrected chi connectivity index (χ2v) is 4.58. The minimum Gasteiger partial charge on any atom is -0.264 e. The highest BCUT2D eigenvalue weighted by molar-refractivity contribution is 6.17. The number of pyridine rings is 1. The molecule has 0 atom stereocenters. The summed E-state index contributed by atoms with van der Waals surface area (Å²) in [5.41, 5.74) is 3.09. The van der Waals surface area contributed by atoms with Crippen molar-refractivity contribution in [1.29, 1.82) is 0 Å². The number of allylic oxidation sites excluding steroid dienone is 1. The lowest BCUT2D eigenvalue weighted by molar-refractivity contribution is 0.627. The topological polar surface area (TPSA) is 12.9 Å². The van der Waals surface area contributed by atoms with E-state index < -0.39 is 0 Å². The molecule has 0 bridgehead atoms. The summed E-state index contributed by atoms with van der Waals surface area (Å²) in [5, 5.41) is 0. The lowest BCUT2D eigenvalue weighted by Gasteiger charge is -2.08. The van der Waals surface area contributed by atoms with Crippen LogP contribution in [-0.2, 0) is 0 Å². The van der Waals surface area contributed by atoms with Gasteiger partial charge in [0.1, 0.15) is 5.82 Å². The van der Waals surface area contributed by atoms with Crippen LogP contribution in [0.5, 0.6) is 0 Å². The number of aromatic nitrogens is 1. The third-order valence-corrected chi connectivity index (χ3v) is 3.08. The van der Waals surface area contributed by atoms with Crippen LogP contribution in [-0.4, -0.2) is 10.9 Å². The van der Waals surface area contributed by atoms with Gasteiger partial charge in [-0.25, -0.2) is 4.39 Å². The van der Waals surface area contributed by atoms with Crippen LogP contribution in [0.25, 0.3) is 5.57 Å². The van der Waals surface area contributed by atoms with Crippen molar-refractivity contribution in [2.75, 3.05) is 5.88 Å². The molecule has 106 valence electrons. The van der Waals surface area contributed by atoms with Gasteiger partial charge in [0, 0.05) is 23.8 Å². The van der Waals surface area contributed by atoms with Crippen molar-refractivity contribution in [2.24, 2.45) is 0 Å². The Morgan fingerprint density at radius 1 is 1.15 bits per heavy atom. The van der Waals surface area contributed by atoms with Gasteiger partial charge in [-0.05, 0) is 42.2 Å². The Morgan fingerprint density at radius 3 is 2.50 bits per heavy atom. The van der Waals surface area contributed by atoms with Gasteiger partial charge in [-0.3, -0.25) is 4.98 Å². The summed E-state index contributed by atoms with van der Waals surface area (Å²) in [4.78, 5) is 4.14. The molecule has 0 saturated heterocycles. The minimum atomic E-state index is -0.227. The van der Waals surface area contributed by atoms with Gasteiger partial charge in [0.2, 0.25) is 0 Å². The maximum atomic E-state index is 13.0. The molecule has 2 rings (SSSR count). The zero-order valence-corrected chi connectivity index (χ0v) is 12.5. The molecule has 1 aromatic heterocycles. The Bertz CT molecular complexity index is 538. The summed E-state index contributed by atoms with van der Waals surface area (Å²) in [6.45, 7) is 0. The molecule has 0 aliphatic heterocycles. The number of nitrogens with zero attached hydrogens (tertiary/aromatic N) is 1. The summed E-state index contributed by atoms with van der Waals surface area (Å²) >= 11 is 5.71. The van der Waals surface area contributed by atoms with Crippen molar-refractivity contribution in [3.63, 3.8) is 0 Å². The van der Waals surface area contributed by atoms with Gasteiger partial charge in [0.25, 0.3) is 0 Å². The van der Waals surface area contributed by atoms with Crippen LogP contribution >= 0.6 is 24.0 Å². The van der Waals surface area contributed by atoms with Crippen molar-refractivity contribution in [3.05, 3.63) is 71.8 Å². The highest BCUT2D eigenvalue weighted by Gasteiger charge is 2.05. The molecule has 1 aromatic carbocycles. The van der Waals surface area contributed by atoms with Gasteiger partial charge in [-0.1, -0.05) is 24.3 Å². The molecule has 1 heterocycles. The third-order valence-electron chi connectivity index (χ3n) is 2.81. The molecule has 2 aromatic rings. The Balaban J connectivity index is 0.00000200. The van der Waals surface area contributed by atoms with Crippen LogP contribution in [0.4, 0.5) is 4.39 Å². The molecule has 1 nitrogen and oxygen atoms in total. The van der Waals surface area contributed by atoms with Crippen LogP contribution in [0.2, 0.25) is 0 Å². The lowest BCUT2D eigenvalue weighted by atomic mass is 9.98. The predicted molar refractivity (Wildman–Crippen MR) is 84.9 cm³/mol. The van der Waals surface area contributed by atoms with Gasteiger partial charge in [-0.15, -0.1) is 24.0 Å². The lowest BCUT2D eigenvalue weighted by Crippen LogP contribution is -1.90. The number of alkyl halides is 1. The first-order valence-electron chi connectivity index (χ1n) is 6.23. The fraction of sp³-hybridized carbons (Fsp3) is 0.188. The predicted octanol–water partition coefficient (Wildman–Crippen LogP) is 5.09. The molecular weight excluding hydrogens is 296 g/mol. The molecule has 0 fully saturated rings. The fourth-order valence-corrected chi connectivity index (χ4v) is 2.03. The summed E-state index contributed by atoms with van der Waals surface area (Å²) < 4.78 is 13.0. The van der Waals surface area contributed by atoms with Crippen LogP contribution in [0.3, 0.4) is 0 Å². The maximum Gasteiger partial charge on any atom is 0.123 e. The molecule has 0 aliphatic rings. The monoisotopic (exact) mass is 311 g/mol. The Kier molecular flexibility index (Phi) is 7.27. The number of benzene rings is 1.